The lowest BCUT2D eigenvalue weighted by Gasteiger charge is -2.17. The van der Waals surface area contributed by atoms with Crippen LogP contribution in [0.2, 0.25) is 0 Å². The molecule has 0 saturated heterocycles. The Labute approximate surface area is 584 Å². The van der Waals surface area contributed by atoms with Crippen molar-refractivity contribution in [3.8, 4) is 0 Å². The summed E-state index contributed by atoms with van der Waals surface area (Å²) in [6, 6.07) is 30.3. The Hall–Kier alpha value is -9.82. The van der Waals surface area contributed by atoms with Crippen molar-refractivity contribution in [1.29, 1.82) is 0 Å². The van der Waals surface area contributed by atoms with E-state index >= 15 is 0 Å². The summed E-state index contributed by atoms with van der Waals surface area (Å²) in [6.45, 7) is 17.6. The molecule has 0 heterocycles. The zero-order chi connectivity index (χ0) is 76.8. The summed E-state index contributed by atoms with van der Waals surface area (Å²) in [4.78, 5) is 128. The Morgan fingerprint density at radius 2 is 0.747 bits per heavy atom. The average Bonchev–Trinajstić information content (AvgIpc) is 0.867. The van der Waals surface area contributed by atoms with Gasteiger partial charge in [0.25, 0.3) is 0 Å². The predicted octanol–water partition coefficient (Wildman–Crippen LogP) is 12.2. The molecule has 556 valence electrons. The standard InChI is InChI=1S/2C10H10O4.C10H18O2.C9H10O2.C8H8O2.C7H14O2.C6H12O2.C5H10O3.C4H8O3.C4H8O2/c1-13-9(11)7-4-3-5-8(6-7)10(12)14-2;1-13-9(11)7-5-3-4-6-8(7)10(12)14-2;1-3-4-5-6-7-8-9-10(11)12-2;1-2-11-9(10)8-6-4-3-5-7-8;1-10-8(9)7-5-3-2-4-6-7;1-3-4-5-6-7(8)9-2;1-5(7)8-6(2,3)4;1-7-4-3-5(6)8-2;1-6-3-4(5)7-2;1-3-6-4(2)5/h2*3-6H,1-2H3;7-8H,3-6,9H2,1-2H3;3-7H,2H2,1H3;2-6H,1H3;3-6H2,1-2H3;1-4H3;3-4H2,1-2H3;3H2,1-2H3;3H2,1-2H3/b;;8-7+;;;;;;;. The number of benzene rings is 4. The van der Waals surface area contributed by atoms with E-state index in [4.69, 9.17) is 9.47 Å². The van der Waals surface area contributed by atoms with E-state index in [1.54, 1.807) is 87.7 Å². The van der Waals surface area contributed by atoms with Gasteiger partial charge in [0.15, 0.2) is 0 Å². The highest BCUT2D eigenvalue weighted by molar-refractivity contribution is 6.03. The number of hydrogen-bond acceptors (Lipinski definition) is 26. The molecule has 99 heavy (non-hydrogen) atoms. The number of unbranched alkanes of at least 4 members (excludes halogenated alkanes) is 5. The van der Waals surface area contributed by atoms with Crippen LogP contribution in [0.15, 0.2) is 121 Å². The molecule has 0 aromatic heterocycles. The topological polar surface area (TPSA) is 334 Å². The molecule has 0 unspecified atom stereocenters. The molecular weight excluding hydrogens is 1290 g/mol. The first-order valence-corrected chi connectivity index (χ1v) is 31.1. The molecular formula is C73H108O26. The van der Waals surface area contributed by atoms with Gasteiger partial charge in [0.1, 0.15) is 12.2 Å². The minimum atomic E-state index is -0.550. The fourth-order valence-electron chi connectivity index (χ4n) is 6.16. The maximum atomic E-state index is 11.2. The van der Waals surface area contributed by atoms with Crippen LogP contribution < -0.4 is 0 Å². The van der Waals surface area contributed by atoms with Crippen molar-refractivity contribution in [2.24, 2.45) is 0 Å². The molecule has 0 saturated carbocycles. The summed E-state index contributed by atoms with van der Waals surface area (Å²) in [5.41, 5.74) is 1.94. The highest BCUT2D eigenvalue weighted by Gasteiger charge is 2.17. The van der Waals surface area contributed by atoms with E-state index in [2.05, 4.69) is 70.7 Å². The van der Waals surface area contributed by atoms with E-state index < -0.39 is 23.9 Å². The van der Waals surface area contributed by atoms with Crippen LogP contribution in [0.4, 0.5) is 0 Å². The number of carbonyl (C=O) groups excluding carboxylic acids is 12. The molecule has 26 heteroatoms. The molecule has 26 nitrogen and oxygen atoms in total. The second-order valence-corrected chi connectivity index (χ2v) is 19.8. The van der Waals surface area contributed by atoms with Crippen molar-refractivity contribution < 1.29 is 124 Å². The van der Waals surface area contributed by atoms with E-state index in [1.807, 2.05) is 57.2 Å². The van der Waals surface area contributed by atoms with Gasteiger partial charge in [0.2, 0.25) is 0 Å². The SMILES string of the molecule is CC(=O)OC(C)(C)C.CCCCC/C=C/CC(=O)OC.CCCCCC(=O)OC.CCOC(=O)c1ccccc1.CCOC(C)=O.COC(=O)c1cccc(C(=O)OC)c1.COC(=O)c1ccccc1.COC(=O)c1ccccc1C(=O)OC.COCC(=O)OC.COCCC(=O)OC. The van der Waals surface area contributed by atoms with Crippen molar-refractivity contribution in [2.75, 3.05) is 105 Å². The number of ether oxygens (including phenoxy) is 14. The number of methoxy groups -OCH3 is 11. The third-order valence-electron chi connectivity index (χ3n) is 10.8. The van der Waals surface area contributed by atoms with Gasteiger partial charge in [-0.15, -0.1) is 0 Å². The van der Waals surface area contributed by atoms with E-state index in [1.165, 1.54) is 122 Å². The number of hydrogen-bond donors (Lipinski definition) is 0. The highest BCUT2D eigenvalue weighted by atomic mass is 16.6. The Morgan fingerprint density at radius 3 is 1.07 bits per heavy atom. The van der Waals surface area contributed by atoms with Crippen LogP contribution in [-0.4, -0.2) is 182 Å². The maximum absolute atomic E-state index is 11.2. The van der Waals surface area contributed by atoms with E-state index in [0.717, 1.165) is 25.7 Å². The van der Waals surface area contributed by atoms with Gasteiger partial charge in [-0.05, 0) is 108 Å². The molecule has 0 radical (unpaired) electrons. The smallest absolute Gasteiger partial charge is 0.338 e. The number of allylic oxidation sites excluding steroid dienone is 1. The van der Waals surface area contributed by atoms with Crippen LogP contribution in [0, 0.1) is 0 Å². The molecule has 4 aromatic rings. The fourth-order valence-corrected chi connectivity index (χ4v) is 6.16. The van der Waals surface area contributed by atoms with Crippen LogP contribution in [0.3, 0.4) is 0 Å². The number of esters is 12. The summed E-state index contributed by atoms with van der Waals surface area (Å²) in [5, 5.41) is 0. The van der Waals surface area contributed by atoms with Crippen molar-refractivity contribution in [3.05, 3.63) is 155 Å². The normalized spacial score (nSPS) is 9.29. The van der Waals surface area contributed by atoms with Gasteiger partial charge in [0.05, 0.1) is 130 Å². The van der Waals surface area contributed by atoms with Gasteiger partial charge < -0.3 is 66.3 Å². The molecule has 0 aliphatic rings. The predicted molar refractivity (Wildman–Crippen MR) is 371 cm³/mol. The van der Waals surface area contributed by atoms with Crippen molar-refractivity contribution in [2.45, 2.75) is 132 Å². The van der Waals surface area contributed by atoms with Crippen LogP contribution in [0.1, 0.15) is 189 Å². The van der Waals surface area contributed by atoms with Gasteiger partial charge >= 0.3 is 71.6 Å². The fraction of sp³-hybridized carbons (Fsp3) is 0.479. The second kappa shape index (κ2) is 69.5. The first kappa shape index (κ1) is 100. The molecule has 0 aliphatic carbocycles. The number of rotatable bonds is 23. The molecule has 0 bridgehead atoms. The minimum absolute atomic E-state index is 0.0382. The lowest BCUT2D eigenvalue weighted by Crippen LogP contribution is -2.21. The van der Waals surface area contributed by atoms with Gasteiger partial charge in [-0.2, -0.15) is 0 Å². The molecule has 4 rings (SSSR count). The third kappa shape index (κ3) is 65.3. The second-order valence-electron chi connectivity index (χ2n) is 19.8. The van der Waals surface area contributed by atoms with E-state index in [-0.39, 0.29) is 71.1 Å². The molecule has 4 aromatic carbocycles. The van der Waals surface area contributed by atoms with Crippen LogP contribution >= 0.6 is 0 Å². The zero-order valence-corrected chi connectivity index (χ0v) is 61.6. The molecule has 0 aliphatic heterocycles. The summed E-state index contributed by atoms with van der Waals surface area (Å²) < 4.78 is 63.1. The van der Waals surface area contributed by atoms with Gasteiger partial charge in [-0.25, -0.2) is 33.6 Å². The Bertz CT molecular complexity index is 2780. The van der Waals surface area contributed by atoms with Crippen LogP contribution in [0.25, 0.3) is 0 Å². The van der Waals surface area contributed by atoms with E-state index in [0.29, 0.717) is 61.3 Å². The van der Waals surface area contributed by atoms with Crippen LogP contribution in [-0.2, 0) is 95.1 Å². The Kier molecular flexibility index (Phi) is 70.4. The monoisotopic (exact) mass is 1400 g/mol. The minimum Gasteiger partial charge on any atom is -0.469 e. The first-order chi connectivity index (χ1) is 47.0. The molecule has 0 N–H and O–H groups in total. The van der Waals surface area contributed by atoms with Crippen molar-refractivity contribution >= 4 is 71.6 Å². The quantitative estimate of drug-likeness (QED) is 0.0288. The molecule has 0 atom stereocenters. The van der Waals surface area contributed by atoms with Gasteiger partial charge in [0, 0.05) is 34.5 Å². The zero-order valence-electron chi connectivity index (χ0n) is 61.6. The molecule has 0 fully saturated rings. The lowest BCUT2D eigenvalue weighted by molar-refractivity contribution is -0.152. The third-order valence-corrected chi connectivity index (χ3v) is 10.8. The largest absolute Gasteiger partial charge is 0.469 e. The van der Waals surface area contributed by atoms with Gasteiger partial charge in [-0.3, -0.25) is 24.0 Å². The van der Waals surface area contributed by atoms with Crippen molar-refractivity contribution in [1.82, 2.24) is 0 Å². The van der Waals surface area contributed by atoms with E-state index in [9.17, 15) is 57.5 Å². The lowest BCUT2D eigenvalue weighted by atomic mass is 10.1. The summed E-state index contributed by atoms with van der Waals surface area (Å²) >= 11 is 0. The first-order valence-electron chi connectivity index (χ1n) is 31.1. The Morgan fingerprint density at radius 1 is 0.364 bits per heavy atom. The Balaban J connectivity index is -0.000000245. The molecule has 0 spiro atoms. The summed E-state index contributed by atoms with van der Waals surface area (Å²) in [7, 11) is 15.0. The summed E-state index contributed by atoms with van der Waals surface area (Å²) in [6.07, 6.45) is 13.3. The van der Waals surface area contributed by atoms with Gasteiger partial charge in [-0.1, -0.05) is 106 Å². The number of carbonyl (C=O) groups is 12. The highest BCUT2D eigenvalue weighted by Crippen LogP contribution is 2.12. The van der Waals surface area contributed by atoms with Crippen LogP contribution in [0.5, 0.6) is 0 Å². The summed E-state index contributed by atoms with van der Waals surface area (Å²) in [5.74, 6) is -3.87. The molecule has 0 amide bonds. The van der Waals surface area contributed by atoms with Crippen molar-refractivity contribution in [3.63, 3.8) is 0 Å². The maximum Gasteiger partial charge on any atom is 0.338 e. The average molecular weight is 1400 g/mol.